The van der Waals surface area contributed by atoms with Gasteiger partial charge in [-0.1, -0.05) is 45.8 Å². The number of aromatic nitrogens is 2. The molecule has 0 bridgehead atoms. The minimum absolute atomic E-state index is 0.177. The first kappa shape index (κ1) is 15.0. The first-order valence-electron chi connectivity index (χ1n) is 7.30. The van der Waals surface area contributed by atoms with Gasteiger partial charge >= 0.3 is 0 Å². The van der Waals surface area contributed by atoms with Crippen LogP contribution in [-0.4, -0.2) is 9.97 Å². The molecule has 1 unspecified atom stereocenters. The van der Waals surface area contributed by atoms with Crippen molar-refractivity contribution in [1.82, 2.24) is 9.97 Å². The van der Waals surface area contributed by atoms with Gasteiger partial charge in [0.1, 0.15) is 11.6 Å². The minimum atomic E-state index is 0.177. The third kappa shape index (κ3) is 3.12. The average Bonchev–Trinajstić information content (AvgIpc) is 2.48. The lowest BCUT2D eigenvalue weighted by Crippen LogP contribution is -2.09. The van der Waals surface area contributed by atoms with Gasteiger partial charge in [-0.25, -0.2) is 9.97 Å². The van der Waals surface area contributed by atoms with E-state index in [4.69, 9.17) is 0 Å². The van der Waals surface area contributed by atoms with E-state index >= 15 is 0 Å². The second-order valence-electron chi connectivity index (χ2n) is 5.56. The monoisotopic (exact) mass is 355 g/mol. The normalized spacial score (nSPS) is 12.4. The van der Waals surface area contributed by atoms with E-state index in [-0.39, 0.29) is 6.04 Å². The zero-order chi connectivity index (χ0) is 15.7. The number of fused-ring (bicyclic) bond motifs is 1. The molecule has 0 saturated carbocycles. The molecule has 1 atom stereocenters. The van der Waals surface area contributed by atoms with E-state index in [1.54, 1.807) is 0 Å². The van der Waals surface area contributed by atoms with Crippen LogP contribution >= 0.6 is 15.9 Å². The molecule has 3 nitrogen and oxygen atoms in total. The summed E-state index contributed by atoms with van der Waals surface area (Å²) in [5, 5.41) is 4.55. The Morgan fingerprint density at radius 1 is 1.05 bits per heavy atom. The standard InChI is InChI=1S/C18H18BrN3/c1-11-5-4-6-14(9-11)12(2)20-18-16-10-15(19)7-8-17(16)21-13(3)22-18/h4-10,12H,1-3H3,(H,20,21,22). The molecular formula is C18H18BrN3. The van der Waals surface area contributed by atoms with E-state index in [9.17, 15) is 0 Å². The molecule has 1 aromatic heterocycles. The Kier molecular flexibility index (Phi) is 4.12. The Hall–Kier alpha value is -1.94. The van der Waals surface area contributed by atoms with Crippen LogP contribution in [0.4, 0.5) is 5.82 Å². The fourth-order valence-corrected chi connectivity index (χ4v) is 2.92. The summed E-state index contributed by atoms with van der Waals surface area (Å²) in [5.41, 5.74) is 3.46. The van der Waals surface area contributed by atoms with Gasteiger partial charge in [0, 0.05) is 15.9 Å². The maximum Gasteiger partial charge on any atom is 0.138 e. The van der Waals surface area contributed by atoms with Crippen molar-refractivity contribution in [3.05, 3.63) is 63.9 Å². The SMILES string of the molecule is Cc1cccc(C(C)Nc2nc(C)nc3ccc(Br)cc23)c1. The molecule has 0 aliphatic heterocycles. The van der Waals surface area contributed by atoms with Crippen LogP contribution in [0.25, 0.3) is 10.9 Å². The number of nitrogens with one attached hydrogen (secondary N) is 1. The van der Waals surface area contributed by atoms with Crippen LogP contribution in [0, 0.1) is 13.8 Å². The van der Waals surface area contributed by atoms with Gasteiger partial charge in [0.25, 0.3) is 0 Å². The Labute approximate surface area is 138 Å². The molecule has 2 aromatic carbocycles. The molecule has 0 radical (unpaired) electrons. The van der Waals surface area contributed by atoms with Gasteiger partial charge in [-0.05, 0) is 44.5 Å². The van der Waals surface area contributed by atoms with Crippen LogP contribution in [0.15, 0.2) is 46.9 Å². The Morgan fingerprint density at radius 3 is 2.64 bits per heavy atom. The predicted octanol–water partition coefficient (Wildman–Crippen LogP) is 5.18. The van der Waals surface area contributed by atoms with Crippen LogP contribution < -0.4 is 5.32 Å². The number of anilines is 1. The number of halogens is 1. The highest BCUT2D eigenvalue weighted by molar-refractivity contribution is 9.10. The molecule has 3 rings (SSSR count). The van der Waals surface area contributed by atoms with Crippen molar-refractivity contribution in [2.24, 2.45) is 0 Å². The molecule has 0 spiro atoms. The first-order chi connectivity index (χ1) is 10.5. The molecule has 1 N–H and O–H groups in total. The molecule has 1 heterocycles. The molecule has 0 fully saturated rings. The predicted molar refractivity (Wildman–Crippen MR) is 95.2 cm³/mol. The number of hydrogen-bond donors (Lipinski definition) is 1. The fourth-order valence-electron chi connectivity index (χ4n) is 2.55. The highest BCUT2D eigenvalue weighted by Gasteiger charge is 2.11. The largest absolute Gasteiger partial charge is 0.363 e. The van der Waals surface area contributed by atoms with Crippen LogP contribution in [0.2, 0.25) is 0 Å². The molecule has 4 heteroatoms. The highest BCUT2D eigenvalue weighted by atomic mass is 79.9. The van der Waals surface area contributed by atoms with Crippen LogP contribution in [0.5, 0.6) is 0 Å². The van der Waals surface area contributed by atoms with Crippen molar-refractivity contribution in [1.29, 1.82) is 0 Å². The lowest BCUT2D eigenvalue weighted by atomic mass is 10.1. The summed E-state index contributed by atoms with van der Waals surface area (Å²) >= 11 is 3.52. The summed E-state index contributed by atoms with van der Waals surface area (Å²) in [6, 6.07) is 14.8. The Bertz CT molecular complexity index is 830. The summed E-state index contributed by atoms with van der Waals surface area (Å²) in [6.45, 7) is 6.18. The van der Waals surface area contributed by atoms with E-state index in [0.717, 1.165) is 27.0 Å². The second kappa shape index (κ2) is 6.05. The van der Waals surface area contributed by atoms with Gasteiger partial charge in [0.2, 0.25) is 0 Å². The molecule has 0 saturated heterocycles. The minimum Gasteiger partial charge on any atom is -0.363 e. The van der Waals surface area contributed by atoms with Crippen molar-refractivity contribution in [2.75, 3.05) is 5.32 Å². The number of benzene rings is 2. The number of nitrogens with zero attached hydrogens (tertiary/aromatic N) is 2. The van der Waals surface area contributed by atoms with Crippen molar-refractivity contribution < 1.29 is 0 Å². The maximum absolute atomic E-state index is 4.59. The molecule has 0 aliphatic carbocycles. The molecule has 0 aliphatic rings. The summed E-state index contributed by atoms with van der Waals surface area (Å²) in [5.74, 6) is 1.64. The van der Waals surface area contributed by atoms with Crippen molar-refractivity contribution in [2.45, 2.75) is 26.8 Å². The zero-order valence-corrected chi connectivity index (χ0v) is 14.5. The van der Waals surface area contributed by atoms with Crippen molar-refractivity contribution in [3.8, 4) is 0 Å². The maximum atomic E-state index is 4.59. The number of hydrogen-bond acceptors (Lipinski definition) is 3. The van der Waals surface area contributed by atoms with Gasteiger partial charge in [0.05, 0.1) is 5.52 Å². The van der Waals surface area contributed by atoms with E-state index in [2.05, 4.69) is 75.4 Å². The quantitative estimate of drug-likeness (QED) is 0.702. The number of aryl methyl sites for hydroxylation is 2. The second-order valence-corrected chi connectivity index (χ2v) is 6.48. The number of rotatable bonds is 3. The van der Waals surface area contributed by atoms with Crippen LogP contribution in [0.3, 0.4) is 0 Å². The van der Waals surface area contributed by atoms with E-state index in [1.165, 1.54) is 11.1 Å². The molecular weight excluding hydrogens is 338 g/mol. The third-order valence-corrected chi connectivity index (χ3v) is 4.16. The van der Waals surface area contributed by atoms with E-state index in [1.807, 2.05) is 19.1 Å². The Balaban J connectivity index is 2.01. The van der Waals surface area contributed by atoms with Crippen molar-refractivity contribution >= 4 is 32.7 Å². The lowest BCUT2D eigenvalue weighted by Gasteiger charge is -2.17. The molecule has 112 valence electrons. The summed E-state index contributed by atoms with van der Waals surface area (Å²) in [7, 11) is 0. The fraction of sp³-hybridized carbons (Fsp3) is 0.222. The van der Waals surface area contributed by atoms with Crippen molar-refractivity contribution in [3.63, 3.8) is 0 Å². The van der Waals surface area contributed by atoms with Crippen LogP contribution in [0.1, 0.15) is 29.9 Å². The topological polar surface area (TPSA) is 37.8 Å². The average molecular weight is 356 g/mol. The zero-order valence-electron chi connectivity index (χ0n) is 12.9. The summed E-state index contributed by atoms with van der Waals surface area (Å²) in [6.07, 6.45) is 0. The van der Waals surface area contributed by atoms with Gasteiger partial charge in [-0.2, -0.15) is 0 Å². The van der Waals surface area contributed by atoms with E-state index < -0.39 is 0 Å². The molecule has 3 aromatic rings. The smallest absolute Gasteiger partial charge is 0.138 e. The van der Waals surface area contributed by atoms with Gasteiger partial charge in [-0.15, -0.1) is 0 Å². The summed E-state index contributed by atoms with van der Waals surface area (Å²) < 4.78 is 1.03. The highest BCUT2D eigenvalue weighted by Crippen LogP contribution is 2.27. The lowest BCUT2D eigenvalue weighted by molar-refractivity contribution is 0.870. The molecule has 22 heavy (non-hydrogen) atoms. The first-order valence-corrected chi connectivity index (χ1v) is 8.09. The van der Waals surface area contributed by atoms with Gasteiger partial charge in [-0.3, -0.25) is 0 Å². The van der Waals surface area contributed by atoms with E-state index in [0.29, 0.717) is 0 Å². The van der Waals surface area contributed by atoms with Gasteiger partial charge in [0.15, 0.2) is 0 Å². The Morgan fingerprint density at radius 2 is 1.86 bits per heavy atom. The summed E-state index contributed by atoms with van der Waals surface area (Å²) in [4.78, 5) is 9.09. The van der Waals surface area contributed by atoms with Crippen LogP contribution in [-0.2, 0) is 0 Å². The third-order valence-electron chi connectivity index (χ3n) is 3.66. The molecule has 0 amide bonds. The van der Waals surface area contributed by atoms with Gasteiger partial charge < -0.3 is 5.32 Å².